The number of carbonyl (C=O) groups excluding carboxylic acids is 2. The molecule has 0 aliphatic carbocycles. The summed E-state index contributed by atoms with van der Waals surface area (Å²) >= 11 is 0. The Morgan fingerprint density at radius 2 is 1.62 bits per heavy atom. The Labute approximate surface area is 227 Å². The van der Waals surface area contributed by atoms with Gasteiger partial charge in [0.05, 0.1) is 16.1 Å². The minimum absolute atomic E-state index is 0.0654. The number of hydrogen-bond acceptors (Lipinski definition) is 6. The smallest absolute Gasteiger partial charge is 0.255 e. The molecule has 0 saturated carbocycles. The second kappa shape index (κ2) is 10.5. The molecule has 3 aromatic carbocycles. The molecule has 0 bridgehead atoms. The third kappa shape index (κ3) is 5.25. The van der Waals surface area contributed by atoms with Crippen LogP contribution >= 0.6 is 0 Å². The van der Waals surface area contributed by atoms with Gasteiger partial charge in [-0.1, -0.05) is 24.3 Å². The molecule has 2 heterocycles. The third-order valence-electron chi connectivity index (χ3n) is 7.06. The molecule has 0 spiro atoms. The SMILES string of the molecule is CC(=O)N1CCN(S(=O)(=O)c2ccc(C(=O)Nc3ccc(C)c(-c4ncnc5ccccc45)c3)c(C)c2)CC1. The van der Waals surface area contributed by atoms with Crippen LogP contribution in [-0.4, -0.2) is 65.6 Å². The summed E-state index contributed by atoms with van der Waals surface area (Å²) in [6, 6.07) is 17.9. The number of aryl methyl sites for hydroxylation is 2. The van der Waals surface area contributed by atoms with E-state index in [-0.39, 0.29) is 29.8 Å². The molecule has 1 saturated heterocycles. The van der Waals surface area contributed by atoms with Crippen molar-refractivity contribution in [1.29, 1.82) is 0 Å². The first-order valence-corrected chi connectivity index (χ1v) is 14.1. The first-order chi connectivity index (χ1) is 18.6. The summed E-state index contributed by atoms with van der Waals surface area (Å²) in [7, 11) is -3.74. The minimum Gasteiger partial charge on any atom is -0.340 e. The van der Waals surface area contributed by atoms with Crippen molar-refractivity contribution in [3.8, 4) is 11.3 Å². The largest absolute Gasteiger partial charge is 0.340 e. The van der Waals surface area contributed by atoms with Crippen LogP contribution < -0.4 is 5.32 Å². The maximum atomic E-state index is 13.2. The number of nitrogens with one attached hydrogen (secondary N) is 1. The number of hydrogen-bond donors (Lipinski definition) is 1. The Balaban J connectivity index is 1.36. The van der Waals surface area contributed by atoms with Crippen molar-refractivity contribution in [2.75, 3.05) is 31.5 Å². The predicted octanol–water partition coefficient (Wildman–Crippen LogP) is 4.02. The third-order valence-corrected chi connectivity index (χ3v) is 8.95. The number of piperazine rings is 1. The van der Waals surface area contributed by atoms with Gasteiger partial charge in [-0.25, -0.2) is 18.4 Å². The average Bonchev–Trinajstić information content (AvgIpc) is 2.93. The number of sulfonamides is 1. The summed E-state index contributed by atoms with van der Waals surface area (Å²) in [6.45, 7) is 6.37. The number of para-hydroxylation sites is 1. The average molecular weight is 544 g/mol. The lowest BCUT2D eigenvalue weighted by molar-refractivity contribution is -0.129. The van der Waals surface area contributed by atoms with E-state index in [9.17, 15) is 18.0 Å². The Hall–Kier alpha value is -4.15. The fraction of sp³-hybridized carbons (Fsp3) is 0.241. The van der Waals surface area contributed by atoms with Crippen LogP contribution in [0.5, 0.6) is 0 Å². The zero-order valence-corrected chi connectivity index (χ0v) is 22.8. The van der Waals surface area contributed by atoms with Crippen molar-refractivity contribution in [3.05, 3.63) is 83.7 Å². The first kappa shape index (κ1) is 26.5. The summed E-state index contributed by atoms with van der Waals surface area (Å²) < 4.78 is 27.8. The molecule has 200 valence electrons. The second-order valence-electron chi connectivity index (χ2n) is 9.61. The van der Waals surface area contributed by atoms with E-state index in [1.807, 2.05) is 49.4 Å². The molecular formula is C29H29N5O4S. The van der Waals surface area contributed by atoms with Gasteiger partial charge >= 0.3 is 0 Å². The van der Waals surface area contributed by atoms with Crippen LogP contribution in [0.15, 0.2) is 71.9 Å². The first-order valence-electron chi connectivity index (χ1n) is 12.6. The highest BCUT2D eigenvalue weighted by molar-refractivity contribution is 7.89. The molecule has 10 heteroatoms. The lowest BCUT2D eigenvalue weighted by Crippen LogP contribution is -2.49. The molecule has 1 N–H and O–H groups in total. The quantitative estimate of drug-likeness (QED) is 0.407. The molecule has 5 rings (SSSR count). The minimum atomic E-state index is -3.74. The highest BCUT2D eigenvalue weighted by Gasteiger charge is 2.29. The van der Waals surface area contributed by atoms with E-state index in [1.54, 1.807) is 11.8 Å². The van der Waals surface area contributed by atoms with E-state index in [4.69, 9.17) is 0 Å². The molecule has 0 atom stereocenters. The Morgan fingerprint density at radius 3 is 2.33 bits per heavy atom. The van der Waals surface area contributed by atoms with E-state index in [1.165, 1.54) is 35.8 Å². The van der Waals surface area contributed by atoms with Crippen molar-refractivity contribution >= 4 is 38.4 Å². The number of amides is 2. The molecule has 0 unspecified atom stereocenters. The Bertz CT molecular complexity index is 1690. The van der Waals surface area contributed by atoms with Crippen LogP contribution in [0.2, 0.25) is 0 Å². The van der Waals surface area contributed by atoms with Crippen molar-refractivity contribution in [1.82, 2.24) is 19.2 Å². The normalized spacial score (nSPS) is 14.4. The van der Waals surface area contributed by atoms with Gasteiger partial charge in [0.25, 0.3) is 5.91 Å². The van der Waals surface area contributed by atoms with Gasteiger partial charge in [0.1, 0.15) is 6.33 Å². The summed E-state index contributed by atoms with van der Waals surface area (Å²) in [5.41, 5.74) is 5.03. The number of carbonyl (C=O) groups is 2. The maximum absolute atomic E-state index is 13.2. The van der Waals surface area contributed by atoms with E-state index < -0.39 is 10.0 Å². The van der Waals surface area contributed by atoms with Gasteiger partial charge in [-0.2, -0.15) is 4.31 Å². The van der Waals surface area contributed by atoms with Crippen LogP contribution in [0.4, 0.5) is 5.69 Å². The van der Waals surface area contributed by atoms with E-state index in [0.29, 0.717) is 29.9 Å². The number of fused-ring (bicyclic) bond motifs is 1. The second-order valence-corrected chi connectivity index (χ2v) is 11.5. The van der Waals surface area contributed by atoms with Crippen molar-refractivity contribution < 1.29 is 18.0 Å². The fourth-order valence-corrected chi connectivity index (χ4v) is 6.32. The van der Waals surface area contributed by atoms with E-state index in [0.717, 1.165) is 27.7 Å². The summed E-state index contributed by atoms with van der Waals surface area (Å²) in [4.78, 5) is 35.4. The number of benzene rings is 3. The molecule has 1 aliphatic heterocycles. The zero-order chi connectivity index (χ0) is 27.7. The van der Waals surface area contributed by atoms with Gasteiger partial charge in [0.15, 0.2) is 0 Å². The molecule has 9 nitrogen and oxygen atoms in total. The highest BCUT2D eigenvalue weighted by Crippen LogP contribution is 2.30. The Morgan fingerprint density at radius 1 is 0.872 bits per heavy atom. The van der Waals surface area contributed by atoms with Crippen LogP contribution in [0, 0.1) is 13.8 Å². The lowest BCUT2D eigenvalue weighted by atomic mass is 10.0. The highest BCUT2D eigenvalue weighted by atomic mass is 32.2. The van der Waals surface area contributed by atoms with Gasteiger partial charge in [0, 0.05) is 55.3 Å². The topological polar surface area (TPSA) is 113 Å². The molecular weight excluding hydrogens is 514 g/mol. The molecule has 2 amide bonds. The van der Waals surface area contributed by atoms with Gasteiger partial charge in [-0.05, 0) is 61.4 Å². The molecule has 1 aromatic heterocycles. The zero-order valence-electron chi connectivity index (χ0n) is 22.0. The summed E-state index contributed by atoms with van der Waals surface area (Å²) in [5.74, 6) is -0.404. The molecule has 4 aromatic rings. The van der Waals surface area contributed by atoms with E-state index >= 15 is 0 Å². The van der Waals surface area contributed by atoms with Crippen LogP contribution in [0.25, 0.3) is 22.2 Å². The van der Waals surface area contributed by atoms with Crippen molar-refractivity contribution in [3.63, 3.8) is 0 Å². The van der Waals surface area contributed by atoms with Crippen molar-refractivity contribution in [2.45, 2.75) is 25.7 Å². The number of rotatable bonds is 5. The van der Waals surface area contributed by atoms with Gasteiger partial charge in [-0.15, -0.1) is 0 Å². The number of nitrogens with zero attached hydrogens (tertiary/aromatic N) is 4. The van der Waals surface area contributed by atoms with Gasteiger partial charge < -0.3 is 10.2 Å². The summed E-state index contributed by atoms with van der Waals surface area (Å²) in [6.07, 6.45) is 1.53. The summed E-state index contributed by atoms with van der Waals surface area (Å²) in [5, 5.41) is 3.86. The molecule has 1 aliphatic rings. The van der Waals surface area contributed by atoms with Crippen LogP contribution in [0.1, 0.15) is 28.4 Å². The maximum Gasteiger partial charge on any atom is 0.255 e. The van der Waals surface area contributed by atoms with Gasteiger partial charge in [-0.3, -0.25) is 9.59 Å². The predicted molar refractivity (Wildman–Crippen MR) is 150 cm³/mol. The fourth-order valence-electron chi connectivity index (χ4n) is 4.82. The van der Waals surface area contributed by atoms with Gasteiger partial charge in [0.2, 0.25) is 15.9 Å². The van der Waals surface area contributed by atoms with Crippen LogP contribution in [0.3, 0.4) is 0 Å². The van der Waals surface area contributed by atoms with Crippen molar-refractivity contribution in [2.24, 2.45) is 0 Å². The lowest BCUT2D eigenvalue weighted by Gasteiger charge is -2.33. The molecule has 39 heavy (non-hydrogen) atoms. The monoisotopic (exact) mass is 543 g/mol. The molecule has 1 fully saturated rings. The number of aromatic nitrogens is 2. The Kier molecular flexibility index (Phi) is 7.16. The van der Waals surface area contributed by atoms with E-state index in [2.05, 4.69) is 15.3 Å². The molecule has 0 radical (unpaired) electrons. The van der Waals surface area contributed by atoms with Crippen LogP contribution in [-0.2, 0) is 14.8 Å². The standard InChI is InChI=1S/C29H29N5O4S/c1-19-8-9-22(17-26(19)28-25-6-4-5-7-27(25)30-18-31-28)32-29(36)24-11-10-23(16-20(24)2)39(37,38)34-14-12-33(13-15-34)21(3)35/h4-11,16-18H,12-15H2,1-3H3,(H,32,36). The number of anilines is 1.